The van der Waals surface area contributed by atoms with Crippen molar-refractivity contribution in [3.05, 3.63) is 45.6 Å². The van der Waals surface area contributed by atoms with E-state index >= 15 is 0 Å². The first-order chi connectivity index (χ1) is 11.9. The van der Waals surface area contributed by atoms with Crippen LogP contribution in [0.4, 0.5) is 0 Å². The van der Waals surface area contributed by atoms with E-state index in [9.17, 15) is 8.42 Å². The van der Waals surface area contributed by atoms with Crippen LogP contribution in [0.3, 0.4) is 0 Å². The molecule has 1 aromatic carbocycles. The van der Waals surface area contributed by atoms with Crippen LogP contribution < -0.4 is 4.74 Å². The second-order valence-corrected chi connectivity index (χ2v) is 9.27. The third-order valence-electron chi connectivity index (χ3n) is 4.83. The summed E-state index contributed by atoms with van der Waals surface area (Å²) >= 11 is 1.70. The summed E-state index contributed by atoms with van der Waals surface area (Å²) in [5, 5.41) is 4.26. The summed E-state index contributed by atoms with van der Waals surface area (Å²) in [7, 11) is -3.45. The Morgan fingerprint density at radius 2 is 1.84 bits per heavy atom. The van der Waals surface area contributed by atoms with Crippen molar-refractivity contribution < 1.29 is 13.2 Å². The van der Waals surface area contributed by atoms with Crippen LogP contribution in [0.1, 0.15) is 42.4 Å². The van der Waals surface area contributed by atoms with Crippen molar-refractivity contribution in [3.63, 3.8) is 0 Å². The first-order valence-electron chi connectivity index (χ1n) is 8.69. The minimum atomic E-state index is -3.45. The van der Waals surface area contributed by atoms with Gasteiger partial charge >= 0.3 is 0 Å². The number of hydrogen-bond donors (Lipinski definition) is 0. The summed E-state index contributed by atoms with van der Waals surface area (Å²) in [6.45, 7) is 7.47. The second-order valence-electron chi connectivity index (χ2n) is 6.55. The fourth-order valence-electron chi connectivity index (χ4n) is 3.52. The molecule has 0 saturated carbocycles. The molecule has 1 fully saturated rings. The first kappa shape index (κ1) is 18.4. The minimum Gasteiger partial charge on any atom is -0.493 e. The molecule has 2 heterocycles. The van der Waals surface area contributed by atoms with Crippen LogP contribution in [-0.4, -0.2) is 32.4 Å². The van der Waals surface area contributed by atoms with Crippen molar-refractivity contribution in [2.45, 2.75) is 44.4 Å². The van der Waals surface area contributed by atoms with E-state index in [2.05, 4.69) is 16.8 Å². The fraction of sp³-hybridized carbons (Fsp3) is 0.474. The van der Waals surface area contributed by atoms with Crippen molar-refractivity contribution in [2.75, 3.05) is 19.7 Å². The number of rotatable bonds is 5. The maximum atomic E-state index is 13.0. The highest BCUT2D eigenvalue weighted by atomic mass is 32.2. The smallest absolute Gasteiger partial charge is 0.243 e. The second kappa shape index (κ2) is 7.48. The summed E-state index contributed by atoms with van der Waals surface area (Å²) in [5.74, 6) is 1.26. The molecular formula is C19H25NO3S2. The Hall–Kier alpha value is -1.37. The summed E-state index contributed by atoms with van der Waals surface area (Å²) in [5.41, 5.74) is 3.08. The van der Waals surface area contributed by atoms with E-state index in [0.717, 1.165) is 29.7 Å². The van der Waals surface area contributed by atoms with Crippen molar-refractivity contribution in [1.82, 2.24) is 4.31 Å². The Balaban J connectivity index is 1.78. The average molecular weight is 380 g/mol. The van der Waals surface area contributed by atoms with Crippen molar-refractivity contribution in [1.29, 1.82) is 0 Å². The van der Waals surface area contributed by atoms with Crippen LogP contribution >= 0.6 is 11.3 Å². The zero-order valence-electron chi connectivity index (χ0n) is 15.0. The third kappa shape index (κ3) is 3.76. The monoisotopic (exact) mass is 379 g/mol. The molecule has 1 aromatic heterocycles. The van der Waals surface area contributed by atoms with Crippen LogP contribution in [0.15, 0.2) is 33.9 Å². The molecule has 6 heteroatoms. The van der Waals surface area contributed by atoms with Crippen LogP contribution in [0, 0.1) is 13.8 Å². The molecule has 3 rings (SSSR count). The van der Waals surface area contributed by atoms with Gasteiger partial charge in [0, 0.05) is 13.1 Å². The highest BCUT2D eigenvalue weighted by molar-refractivity contribution is 7.89. The number of hydrogen-bond acceptors (Lipinski definition) is 4. The van der Waals surface area contributed by atoms with Gasteiger partial charge in [0.15, 0.2) is 0 Å². The Bertz CT molecular complexity index is 797. The van der Waals surface area contributed by atoms with Gasteiger partial charge in [-0.1, -0.05) is 0 Å². The number of aryl methyl sites for hydroxylation is 2. The average Bonchev–Trinajstić information content (AvgIpc) is 3.12. The topological polar surface area (TPSA) is 46.6 Å². The lowest BCUT2D eigenvalue weighted by Crippen LogP contribution is -2.37. The molecule has 1 aliphatic heterocycles. The van der Waals surface area contributed by atoms with Gasteiger partial charge in [0.25, 0.3) is 0 Å². The van der Waals surface area contributed by atoms with Crippen LogP contribution in [0.2, 0.25) is 0 Å². The Morgan fingerprint density at radius 1 is 1.20 bits per heavy atom. The van der Waals surface area contributed by atoms with Gasteiger partial charge in [-0.05, 0) is 85.2 Å². The zero-order chi connectivity index (χ0) is 18.0. The number of benzene rings is 1. The third-order valence-corrected chi connectivity index (χ3v) is 7.41. The molecule has 0 amide bonds. The maximum Gasteiger partial charge on any atom is 0.243 e. The van der Waals surface area contributed by atoms with Gasteiger partial charge in [0.05, 0.1) is 11.5 Å². The van der Waals surface area contributed by atoms with Crippen molar-refractivity contribution in [2.24, 2.45) is 0 Å². The van der Waals surface area contributed by atoms with Gasteiger partial charge in [-0.25, -0.2) is 8.42 Å². The van der Waals surface area contributed by atoms with Gasteiger partial charge in [0.2, 0.25) is 10.0 Å². The first-order valence-corrected chi connectivity index (χ1v) is 11.1. The quantitative estimate of drug-likeness (QED) is 0.777. The largest absolute Gasteiger partial charge is 0.493 e. The molecule has 4 nitrogen and oxygen atoms in total. The van der Waals surface area contributed by atoms with E-state index in [0.29, 0.717) is 30.5 Å². The molecule has 0 unspecified atom stereocenters. The molecule has 1 saturated heterocycles. The zero-order valence-corrected chi connectivity index (χ0v) is 16.6. The van der Waals surface area contributed by atoms with Crippen molar-refractivity contribution >= 4 is 21.4 Å². The molecule has 2 aromatic rings. The number of thiophene rings is 1. The number of piperidine rings is 1. The van der Waals surface area contributed by atoms with Crippen LogP contribution in [-0.2, 0) is 10.0 Å². The van der Waals surface area contributed by atoms with E-state index in [4.69, 9.17) is 4.74 Å². The molecule has 1 aliphatic rings. The molecule has 0 atom stereocenters. The van der Waals surface area contributed by atoms with E-state index in [1.807, 2.05) is 20.8 Å². The number of sulfonamides is 1. The maximum absolute atomic E-state index is 13.0. The lowest BCUT2D eigenvalue weighted by atomic mass is 9.92. The van der Waals surface area contributed by atoms with Gasteiger partial charge in [-0.2, -0.15) is 15.6 Å². The molecule has 0 aliphatic carbocycles. The Morgan fingerprint density at radius 3 is 2.36 bits per heavy atom. The molecule has 0 N–H and O–H groups in total. The summed E-state index contributed by atoms with van der Waals surface area (Å²) in [6.07, 6.45) is 1.76. The summed E-state index contributed by atoms with van der Waals surface area (Å²) in [6, 6.07) is 5.62. The predicted molar refractivity (Wildman–Crippen MR) is 102 cm³/mol. The van der Waals surface area contributed by atoms with E-state index < -0.39 is 10.0 Å². The van der Waals surface area contributed by atoms with E-state index in [1.54, 1.807) is 27.8 Å². The highest BCUT2D eigenvalue weighted by Crippen LogP contribution is 2.33. The van der Waals surface area contributed by atoms with Gasteiger partial charge in [0.1, 0.15) is 5.75 Å². The molecule has 0 spiro atoms. The molecule has 136 valence electrons. The number of ether oxygens (including phenoxy) is 1. The van der Waals surface area contributed by atoms with Gasteiger partial charge in [-0.3, -0.25) is 0 Å². The normalized spacial score (nSPS) is 16.9. The predicted octanol–water partition coefficient (Wildman–Crippen LogP) is 4.33. The lowest BCUT2D eigenvalue weighted by molar-refractivity contribution is 0.319. The van der Waals surface area contributed by atoms with Crippen LogP contribution in [0.25, 0.3) is 0 Å². The minimum absolute atomic E-state index is 0.375. The number of nitrogens with zero attached hydrogens (tertiary/aromatic N) is 1. The Kier molecular flexibility index (Phi) is 5.51. The van der Waals surface area contributed by atoms with E-state index in [-0.39, 0.29) is 0 Å². The summed E-state index contributed by atoms with van der Waals surface area (Å²) in [4.78, 5) is 0.375. The molecule has 25 heavy (non-hydrogen) atoms. The molecule has 0 radical (unpaired) electrons. The fourth-order valence-corrected chi connectivity index (χ4v) is 5.90. The Labute approximate surface area is 154 Å². The lowest BCUT2D eigenvalue weighted by Gasteiger charge is -2.31. The van der Waals surface area contributed by atoms with Gasteiger partial charge in [-0.15, -0.1) is 0 Å². The standard InChI is InChI=1S/C19H25NO3S2/c1-4-23-19-14(2)11-18(12-15(19)3)25(21,22)20-8-5-16(6-9-20)17-7-10-24-13-17/h7,10-13,16H,4-6,8-9H2,1-3H3. The summed E-state index contributed by atoms with van der Waals surface area (Å²) < 4.78 is 33.3. The molecule has 0 bridgehead atoms. The highest BCUT2D eigenvalue weighted by Gasteiger charge is 2.30. The molecular weight excluding hydrogens is 354 g/mol. The van der Waals surface area contributed by atoms with E-state index in [1.165, 1.54) is 5.56 Å². The van der Waals surface area contributed by atoms with Crippen molar-refractivity contribution in [3.8, 4) is 5.75 Å². The SMILES string of the molecule is CCOc1c(C)cc(S(=O)(=O)N2CCC(c3ccsc3)CC2)cc1C. The van der Waals surface area contributed by atoms with Gasteiger partial charge < -0.3 is 4.74 Å². The van der Waals surface area contributed by atoms with Crippen LogP contribution in [0.5, 0.6) is 5.75 Å².